The lowest BCUT2D eigenvalue weighted by Gasteiger charge is -2.61. The van der Waals surface area contributed by atoms with Crippen LogP contribution in [0.15, 0.2) is 24.3 Å². The van der Waals surface area contributed by atoms with Crippen molar-refractivity contribution in [2.75, 3.05) is 0 Å². The molecule has 6 aliphatic rings. The van der Waals surface area contributed by atoms with E-state index < -0.39 is 0 Å². The largest absolute Gasteiger partial charge is 0.0999 e. The second-order valence-corrected chi connectivity index (χ2v) is 20.7. The maximum atomic E-state index is 4.49. The number of fused-ring (bicyclic) bond motifs is 3. The van der Waals surface area contributed by atoms with Crippen molar-refractivity contribution in [2.24, 2.45) is 87.3 Å². The van der Waals surface area contributed by atoms with Crippen molar-refractivity contribution in [2.45, 2.75) is 171 Å². The highest BCUT2D eigenvalue weighted by Crippen LogP contribution is 2.72. The van der Waals surface area contributed by atoms with Crippen LogP contribution in [0.5, 0.6) is 0 Å². The minimum Gasteiger partial charge on any atom is -0.0999 e. The Morgan fingerprint density at radius 1 is 0.422 bits per heavy atom. The zero-order valence-corrected chi connectivity index (χ0v) is 31.6. The number of rotatable bonds is 6. The number of hydrogen-bond acceptors (Lipinski definition) is 0. The summed E-state index contributed by atoms with van der Waals surface area (Å²) in [6.07, 6.45) is 27.1. The van der Waals surface area contributed by atoms with E-state index in [9.17, 15) is 0 Å². The van der Waals surface area contributed by atoms with Crippen molar-refractivity contribution in [3.63, 3.8) is 0 Å². The predicted octanol–water partition coefficient (Wildman–Crippen LogP) is 13.7. The van der Waals surface area contributed by atoms with Crippen LogP contribution in [0.2, 0.25) is 0 Å². The first-order valence-corrected chi connectivity index (χ1v) is 20.5. The van der Waals surface area contributed by atoms with Crippen LogP contribution >= 0.6 is 0 Å². The van der Waals surface area contributed by atoms with E-state index >= 15 is 0 Å². The molecule has 0 bridgehead atoms. The van der Waals surface area contributed by atoms with Crippen molar-refractivity contribution < 1.29 is 0 Å². The fourth-order valence-corrected chi connectivity index (χ4v) is 14.4. The molecule has 0 aromatic rings. The van der Waals surface area contributed by atoms with Gasteiger partial charge in [-0.15, -0.1) is 0 Å². The van der Waals surface area contributed by atoms with Gasteiger partial charge in [-0.25, -0.2) is 0 Å². The van der Waals surface area contributed by atoms with E-state index in [1.807, 2.05) is 0 Å². The highest BCUT2D eigenvalue weighted by molar-refractivity contribution is 5.15. The van der Waals surface area contributed by atoms with Gasteiger partial charge < -0.3 is 0 Å². The Labute approximate surface area is 281 Å². The first-order chi connectivity index (χ1) is 21.2. The molecule has 0 N–H and O–H groups in total. The van der Waals surface area contributed by atoms with Crippen LogP contribution in [-0.4, -0.2) is 0 Å². The fraction of sp³-hybridized carbons (Fsp3) is 0.911. The van der Waals surface area contributed by atoms with E-state index in [1.165, 1.54) is 88.2 Å². The van der Waals surface area contributed by atoms with Gasteiger partial charge in [0.15, 0.2) is 0 Å². The second kappa shape index (κ2) is 13.1. The molecule has 6 aliphatic carbocycles. The summed E-state index contributed by atoms with van der Waals surface area (Å²) < 4.78 is 0. The predicted molar refractivity (Wildman–Crippen MR) is 196 cm³/mol. The van der Waals surface area contributed by atoms with Crippen molar-refractivity contribution in [1.29, 1.82) is 0 Å². The minimum atomic E-state index is 0.459. The lowest BCUT2D eigenvalue weighted by Crippen LogP contribution is -2.55. The van der Waals surface area contributed by atoms with E-state index in [1.54, 1.807) is 38.5 Å². The molecule has 0 saturated heterocycles. The summed E-state index contributed by atoms with van der Waals surface area (Å²) in [4.78, 5) is 0. The monoisotopic (exact) mass is 617 g/mol. The Hall–Kier alpha value is -0.520. The first kappa shape index (κ1) is 34.3. The van der Waals surface area contributed by atoms with Crippen molar-refractivity contribution >= 4 is 0 Å². The van der Waals surface area contributed by atoms with E-state index in [4.69, 9.17) is 0 Å². The SMILES string of the molecule is C=C(C)C1CCC(C(C2CCCC2)(C2CCC(C(=C)C)CC2)C2C3CCC(C(C)(C)C)CC3C3CC(C(C)(C)C)CCC32)CC1. The molecule has 0 radical (unpaired) electrons. The third-order valence-corrected chi connectivity index (χ3v) is 16.7. The fourth-order valence-electron chi connectivity index (χ4n) is 14.4. The topological polar surface area (TPSA) is 0 Å². The summed E-state index contributed by atoms with van der Waals surface area (Å²) >= 11 is 0. The molecular weight excluding hydrogens is 540 g/mol. The lowest BCUT2D eigenvalue weighted by molar-refractivity contribution is -0.126. The van der Waals surface area contributed by atoms with Crippen molar-refractivity contribution in [3.8, 4) is 0 Å². The molecule has 0 spiro atoms. The summed E-state index contributed by atoms with van der Waals surface area (Å²) in [5.74, 6) is 11.4. The minimum absolute atomic E-state index is 0.459. The second-order valence-electron chi connectivity index (χ2n) is 20.7. The summed E-state index contributed by atoms with van der Waals surface area (Å²) in [5.41, 5.74) is 4.47. The molecule has 0 aromatic carbocycles. The molecule has 6 unspecified atom stereocenters. The quantitative estimate of drug-likeness (QED) is 0.260. The van der Waals surface area contributed by atoms with Crippen LogP contribution in [0.3, 0.4) is 0 Å². The highest BCUT2D eigenvalue weighted by atomic mass is 14.7. The molecular formula is C45H76. The Bertz CT molecular complexity index is 951. The average Bonchev–Trinajstić information content (AvgIpc) is 3.64. The Morgan fingerprint density at radius 3 is 1.09 bits per heavy atom. The van der Waals surface area contributed by atoms with E-state index in [0.717, 1.165) is 71.0 Å². The third-order valence-electron chi connectivity index (χ3n) is 16.7. The first-order valence-electron chi connectivity index (χ1n) is 20.5. The van der Waals surface area contributed by atoms with Crippen LogP contribution in [0.25, 0.3) is 0 Å². The third kappa shape index (κ3) is 6.36. The summed E-state index contributed by atoms with van der Waals surface area (Å²) in [5, 5.41) is 0. The standard InChI is InChI=1S/C45H76/c1-29(2)31-15-19-34(20-16-31)45(33-13-11-12-14-33,35-21-17-32(18-22-35)30(3)4)42-38-25-23-36(43(5,6)7)27-40(38)41-28-37(44(8,9)10)24-26-39(41)42/h31-42H,1,3,11-28H2,2,4-10H3. The number of hydrogen-bond donors (Lipinski definition) is 0. The molecule has 256 valence electrons. The van der Waals surface area contributed by atoms with E-state index in [0.29, 0.717) is 16.2 Å². The smallest absolute Gasteiger partial charge is 0.0179 e. The van der Waals surface area contributed by atoms with Gasteiger partial charge in [0.25, 0.3) is 0 Å². The molecule has 6 rings (SSSR count). The zero-order valence-electron chi connectivity index (χ0n) is 31.6. The van der Waals surface area contributed by atoms with Gasteiger partial charge in [0, 0.05) is 0 Å². The Kier molecular flexibility index (Phi) is 9.98. The van der Waals surface area contributed by atoms with Gasteiger partial charge in [-0.2, -0.15) is 0 Å². The van der Waals surface area contributed by atoms with Crippen LogP contribution < -0.4 is 0 Å². The summed E-state index contributed by atoms with van der Waals surface area (Å²) in [7, 11) is 0. The Morgan fingerprint density at radius 2 is 0.756 bits per heavy atom. The van der Waals surface area contributed by atoms with Crippen LogP contribution in [0, 0.1) is 87.3 Å². The molecule has 0 aromatic heterocycles. The van der Waals surface area contributed by atoms with Crippen LogP contribution in [0.4, 0.5) is 0 Å². The van der Waals surface area contributed by atoms with E-state index in [-0.39, 0.29) is 0 Å². The summed E-state index contributed by atoms with van der Waals surface area (Å²) in [6, 6.07) is 0. The molecule has 0 aliphatic heterocycles. The van der Waals surface area contributed by atoms with Gasteiger partial charge in [0.2, 0.25) is 0 Å². The van der Waals surface area contributed by atoms with Gasteiger partial charge >= 0.3 is 0 Å². The highest BCUT2D eigenvalue weighted by Gasteiger charge is 2.66. The molecule has 6 saturated carbocycles. The molecule has 0 heteroatoms. The van der Waals surface area contributed by atoms with Crippen molar-refractivity contribution in [1.82, 2.24) is 0 Å². The molecule has 6 fully saturated rings. The normalized spacial score (nSPS) is 42.9. The maximum Gasteiger partial charge on any atom is -0.0179 e. The van der Waals surface area contributed by atoms with Crippen LogP contribution in [-0.2, 0) is 0 Å². The molecule has 6 atom stereocenters. The average molecular weight is 617 g/mol. The van der Waals surface area contributed by atoms with E-state index in [2.05, 4.69) is 68.5 Å². The zero-order chi connectivity index (χ0) is 32.3. The van der Waals surface area contributed by atoms with Gasteiger partial charge in [0.1, 0.15) is 0 Å². The van der Waals surface area contributed by atoms with Gasteiger partial charge in [-0.1, -0.05) is 78.7 Å². The van der Waals surface area contributed by atoms with Gasteiger partial charge in [0.05, 0.1) is 0 Å². The summed E-state index contributed by atoms with van der Waals surface area (Å²) in [6.45, 7) is 29.1. The molecule has 45 heavy (non-hydrogen) atoms. The molecule has 0 heterocycles. The Balaban J connectivity index is 1.45. The van der Waals surface area contributed by atoms with Gasteiger partial charge in [-0.05, 0) is 204 Å². The molecule has 0 nitrogen and oxygen atoms in total. The maximum absolute atomic E-state index is 4.49. The lowest BCUT2D eigenvalue weighted by atomic mass is 9.43. The van der Waals surface area contributed by atoms with Crippen molar-refractivity contribution in [3.05, 3.63) is 24.3 Å². The van der Waals surface area contributed by atoms with Gasteiger partial charge in [-0.3, -0.25) is 0 Å². The molecule has 0 amide bonds. The van der Waals surface area contributed by atoms with Crippen LogP contribution in [0.1, 0.15) is 171 Å². The number of allylic oxidation sites excluding steroid dienone is 2.